The predicted molar refractivity (Wildman–Crippen MR) is 125 cm³/mol. The second-order valence-electron chi connectivity index (χ2n) is 7.94. The summed E-state index contributed by atoms with van der Waals surface area (Å²) in [6.07, 6.45) is 1.94. The van der Waals surface area contributed by atoms with Crippen LogP contribution in [0, 0.1) is 13.8 Å². The Kier molecular flexibility index (Phi) is 8.34. The molecule has 2 amide bonds. The normalized spacial score (nSPS) is 15.0. The highest BCUT2D eigenvalue weighted by Crippen LogP contribution is 2.16. The van der Waals surface area contributed by atoms with Crippen molar-refractivity contribution in [1.82, 2.24) is 10.2 Å². The lowest BCUT2D eigenvalue weighted by Gasteiger charge is -2.32. The van der Waals surface area contributed by atoms with Gasteiger partial charge in [0.15, 0.2) is 0 Å². The van der Waals surface area contributed by atoms with Gasteiger partial charge in [0.1, 0.15) is 0 Å². The molecule has 2 N–H and O–H groups in total. The van der Waals surface area contributed by atoms with Crippen molar-refractivity contribution in [2.24, 2.45) is 0 Å². The fourth-order valence-corrected chi connectivity index (χ4v) is 4.23. The van der Waals surface area contributed by atoms with Gasteiger partial charge in [0.05, 0.1) is 11.5 Å². The predicted octanol–water partition coefficient (Wildman–Crippen LogP) is 3.76. The quantitative estimate of drug-likeness (QED) is 0.676. The molecule has 5 nitrogen and oxygen atoms in total. The zero-order valence-corrected chi connectivity index (χ0v) is 18.6. The lowest BCUT2D eigenvalue weighted by molar-refractivity contribution is -0.119. The monoisotopic (exact) mass is 425 g/mol. The molecule has 6 heteroatoms. The molecule has 160 valence electrons. The second-order valence-corrected chi connectivity index (χ2v) is 8.93. The molecular weight excluding hydrogens is 394 g/mol. The minimum atomic E-state index is -0.0785. The number of likely N-dealkylation sites (tertiary alicyclic amines) is 1. The molecule has 2 aromatic carbocycles. The van der Waals surface area contributed by atoms with Gasteiger partial charge in [0, 0.05) is 31.4 Å². The Bertz CT molecular complexity index is 849. The van der Waals surface area contributed by atoms with Gasteiger partial charge in [0.25, 0.3) is 0 Å². The number of amides is 2. The van der Waals surface area contributed by atoms with Crippen molar-refractivity contribution in [1.29, 1.82) is 0 Å². The molecule has 0 spiro atoms. The third kappa shape index (κ3) is 7.18. The van der Waals surface area contributed by atoms with Gasteiger partial charge in [0.2, 0.25) is 11.8 Å². The standard InChI is InChI=1S/C24H31N3O2S/c1-18-8-9-22(14-19(18)2)26-24(29)17-30-16-23(28)25-21-10-12-27(13-11-21)15-20-6-4-3-5-7-20/h3-9,14,21H,10-13,15-17H2,1-2H3,(H,25,28)(H,26,29). The van der Waals surface area contributed by atoms with E-state index < -0.39 is 0 Å². The number of nitrogens with one attached hydrogen (secondary N) is 2. The number of rotatable bonds is 8. The summed E-state index contributed by atoms with van der Waals surface area (Å²) in [5.41, 5.74) is 4.48. The number of nitrogens with zero attached hydrogens (tertiary/aromatic N) is 1. The Morgan fingerprint density at radius 1 is 0.967 bits per heavy atom. The molecule has 0 saturated carbocycles. The van der Waals surface area contributed by atoms with Gasteiger partial charge in [-0.15, -0.1) is 11.8 Å². The SMILES string of the molecule is Cc1ccc(NC(=O)CSCC(=O)NC2CCN(Cc3ccccc3)CC2)cc1C. The summed E-state index contributed by atoms with van der Waals surface area (Å²) in [5.74, 6) is 0.520. The smallest absolute Gasteiger partial charge is 0.234 e. The first-order valence-corrected chi connectivity index (χ1v) is 11.7. The minimum absolute atomic E-state index is 0.0143. The van der Waals surface area contributed by atoms with Gasteiger partial charge in [-0.2, -0.15) is 0 Å². The molecule has 0 radical (unpaired) electrons. The van der Waals surface area contributed by atoms with Crippen LogP contribution >= 0.6 is 11.8 Å². The van der Waals surface area contributed by atoms with E-state index in [2.05, 4.69) is 39.8 Å². The summed E-state index contributed by atoms with van der Waals surface area (Å²) in [4.78, 5) is 26.8. The highest BCUT2D eigenvalue weighted by atomic mass is 32.2. The maximum absolute atomic E-state index is 12.2. The number of piperidine rings is 1. The van der Waals surface area contributed by atoms with Crippen molar-refractivity contribution in [2.45, 2.75) is 39.3 Å². The van der Waals surface area contributed by atoms with E-state index in [4.69, 9.17) is 0 Å². The van der Waals surface area contributed by atoms with E-state index in [9.17, 15) is 9.59 Å². The van der Waals surface area contributed by atoms with Crippen LogP contribution in [-0.4, -0.2) is 47.4 Å². The molecular formula is C24H31N3O2S. The van der Waals surface area contributed by atoms with Crippen molar-refractivity contribution in [2.75, 3.05) is 29.9 Å². The van der Waals surface area contributed by atoms with Crippen LogP contribution in [0.25, 0.3) is 0 Å². The number of thioether (sulfide) groups is 1. The van der Waals surface area contributed by atoms with Crippen LogP contribution in [-0.2, 0) is 16.1 Å². The Hall–Kier alpha value is -2.31. The van der Waals surface area contributed by atoms with E-state index >= 15 is 0 Å². The zero-order chi connectivity index (χ0) is 21.3. The molecule has 1 aliphatic heterocycles. The summed E-state index contributed by atoms with van der Waals surface area (Å²) in [6.45, 7) is 7.02. The van der Waals surface area contributed by atoms with Crippen LogP contribution in [0.15, 0.2) is 48.5 Å². The Balaban J connectivity index is 1.30. The molecule has 0 unspecified atom stereocenters. The van der Waals surface area contributed by atoms with Crippen LogP contribution in [0.1, 0.15) is 29.5 Å². The van der Waals surface area contributed by atoms with Gasteiger partial charge in [-0.25, -0.2) is 0 Å². The number of hydrogen-bond donors (Lipinski definition) is 2. The van der Waals surface area contributed by atoms with E-state index in [1.165, 1.54) is 22.9 Å². The minimum Gasteiger partial charge on any atom is -0.353 e. The highest BCUT2D eigenvalue weighted by Gasteiger charge is 2.20. The number of carbonyl (C=O) groups excluding carboxylic acids is 2. The molecule has 0 aliphatic carbocycles. The molecule has 1 aliphatic rings. The number of hydrogen-bond acceptors (Lipinski definition) is 4. The zero-order valence-electron chi connectivity index (χ0n) is 17.8. The van der Waals surface area contributed by atoms with Crippen molar-refractivity contribution < 1.29 is 9.59 Å². The molecule has 0 aromatic heterocycles. The molecule has 30 heavy (non-hydrogen) atoms. The van der Waals surface area contributed by atoms with Crippen molar-refractivity contribution in [3.05, 3.63) is 65.2 Å². The largest absolute Gasteiger partial charge is 0.353 e. The Morgan fingerprint density at radius 3 is 2.37 bits per heavy atom. The number of anilines is 1. The van der Waals surface area contributed by atoms with E-state index in [1.54, 1.807) is 0 Å². The van der Waals surface area contributed by atoms with E-state index in [0.29, 0.717) is 5.75 Å². The summed E-state index contributed by atoms with van der Waals surface area (Å²) >= 11 is 1.35. The molecule has 1 fully saturated rings. The molecule has 3 rings (SSSR count). The summed E-state index contributed by atoms with van der Waals surface area (Å²) in [7, 11) is 0. The fraction of sp³-hybridized carbons (Fsp3) is 0.417. The van der Waals surface area contributed by atoms with Crippen LogP contribution in [0.5, 0.6) is 0 Å². The highest BCUT2D eigenvalue weighted by molar-refractivity contribution is 8.00. The van der Waals surface area contributed by atoms with Crippen molar-refractivity contribution in [3.8, 4) is 0 Å². The molecule has 0 atom stereocenters. The Labute approximate surface area is 183 Å². The summed E-state index contributed by atoms with van der Waals surface area (Å²) in [5, 5.41) is 6.02. The fourth-order valence-electron chi connectivity index (χ4n) is 3.60. The van der Waals surface area contributed by atoms with Crippen molar-refractivity contribution in [3.63, 3.8) is 0 Å². The molecule has 0 bridgehead atoms. The number of aryl methyl sites for hydroxylation is 2. The van der Waals surface area contributed by atoms with Gasteiger partial charge < -0.3 is 10.6 Å². The maximum Gasteiger partial charge on any atom is 0.234 e. The van der Waals surface area contributed by atoms with Gasteiger partial charge in [-0.05, 0) is 55.5 Å². The maximum atomic E-state index is 12.2. The average molecular weight is 426 g/mol. The number of benzene rings is 2. The first-order valence-electron chi connectivity index (χ1n) is 10.5. The van der Waals surface area contributed by atoms with E-state index in [-0.39, 0.29) is 23.6 Å². The van der Waals surface area contributed by atoms with Crippen molar-refractivity contribution >= 4 is 29.3 Å². The lowest BCUT2D eigenvalue weighted by Crippen LogP contribution is -2.44. The van der Waals surface area contributed by atoms with Crippen LogP contribution < -0.4 is 10.6 Å². The number of carbonyl (C=O) groups is 2. The second kappa shape index (κ2) is 11.2. The van der Waals surface area contributed by atoms with Gasteiger partial charge >= 0.3 is 0 Å². The van der Waals surface area contributed by atoms with Crippen LogP contribution in [0.4, 0.5) is 5.69 Å². The summed E-state index contributed by atoms with van der Waals surface area (Å²) in [6, 6.07) is 16.6. The first-order chi connectivity index (χ1) is 14.5. The lowest BCUT2D eigenvalue weighted by atomic mass is 10.0. The van der Waals surface area contributed by atoms with E-state index in [1.807, 2.05) is 38.1 Å². The first kappa shape index (κ1) is 22.4. The summed E-state index contributed by atoms with van der Waals surface area (Å²) < 4.78 is 0. The third-order valence-corrected chi connectivity index (χ3v) is 6.39. The third-order valence-electron chi connectivity index (χ3n) is 5.46. The Morgan fingerprint density at radius 2 is 1.67 bits per heavy atom. The average Bonchev–Trinajstić information content (AvgIpc) is 2.73. The topological polar surface area (TPSA) is 61.4 Å². The van der Waals surface area contributed by atoms with Crippen LogP contribution in [0.2, 0.25) is 0 Å². The molecule has 2 aromatic rings. The molecule has 1 saturated heterocycles. The van der Waals surface area contributed by atoms with Gasteiger partial charge in [-0.3, -0.25) is 14.5 Å². The molecule has 1 heterocycles. The van der Waals surface area contributed by atoms with Crippen LogP contribution in [0.3, 0.4) is 0 Å². The van der Waals surface area contributed by atoms with E-state index in [0.717, 1.165) is 43.7 Å². The van der Waals surface area contributed by atoms with Gasteiger partial charge in [-0.1, -0.05) is 36.4 Å².